The Morgan fingerprint density at radius 2 is 2.00 bits per heavy atom. The zero-order chi connectivity index (χ0) is 8.94. The minimum absolute atomic E-state index is 0.305. The molecule has 1 heterocycles. The van der Waals surface area contributed by atoms with Crippen LogP contribution in [0.3, 0.4) is 0 Å². The minimum atomic E-state index is 0.305. The smallest absolute Gasteiger partial charge is 0.0750 e. The quantitative estimate of drug-likeness (QED) is 0.645. The van der Waals surface area contributed by atoms with Crippen LogP contribution in [-0.2, 0) is 4.74 Å². The third kappa shape index (κ3) is 0.967. The molecule has 3 rings (SSSR count). The Morgan fingerprint density at radius 1 is 1.23 bits per heavy atom. The minimum Gasteiger partial charge on any atom is -0.374 e. The van der Waals surface area contributed by atoms with Gasteiger partial charge in [-0.3, -0.25) is 0 Å². The maximum atomic E-state index is 6.11. The van der Waals surface area contributed by atoms with E-state index in [-0.39, 0.29) is 0 Å². The molecule has 1 aliphatic heterocycles. The summed E-state index contributed by atoms with van der Waals surface area (Å²) in [5.74, 6) is 0.893. The monoisotopic (exact) mass is 244 g/mol. The van der Waals surface area contributed by atoms with Gasteiger partial charge in [0.25, 0.3) is 0 Å². The van der Waals surface area contributed by atoms with E-state index in [0.717, 1.165) is 12.5 Å². The predicted octanol–water partition coefficient (Wildman–Crippen LogP) is 3.12. The first-order valence-electron chi connectivity index (χ1n) is 5.53. The number of rotatable bonds is 1. The average molecular weight is 245 g/mol. The first-order chi connectivity index (χ1) is 6.33. The third-order valence-corrected chi connectivity index (χ3v) is 5.60. The number of ether oxygens (including phenoxy) is 1. The molecule has 0 bridgehead atoms. The van der Waals surface area contributed by atoms with Crippen LogP contribution in [0.25, 0.3) is 0 Å². The van der Waals surface area contributed by atoms with Crippen LogP contribution in [0.4, 0.5) is 0 Å². The van der Waals surface area contributed by atoms with Crippen molar-refractivity contribution in [2.45, 2.75) is 44.1 Å². The Balaban J connectivity index is 1.88. The van der Waals surface area contributed by atoms with Crippen molar-refractivity contribution in [2.24, 2.45) is 11.3 Å². The van der Waals surface area contributed by atoms with Crippen LogP contribution in [0, 0.1) is 11.3 Å². The van der Waals surface area contributed by atoms with E-state index in [9.17, 15) is 0 Å². The van der Waals surface area contributed by atoms with Crippen molar-refractivity contribution in [2.75, 3.05) is 11.9 Å². The second-order valence-corrected chi connectivity index (χ2v) is 5.62. The van der Waals surface area contributed by atoms with Crippen LogP contribution in [0.2, 0.25) is 0 Å². The van der Waals surface area contributed by atoms with Crippen molar-refractivity contribution in [3.8, 4) is 0 Å². The molecule has 2 atom stereocenters. The van der Waals surface area contributed by atoms with Gasteiger partial charge < -0.3 is 4.74 Å². The van der Waals surface area contributed by atoms with E-state index in [4.69, 9.17) is 4.74 Å². The predicted molar refractivity (Wildman–Crippen MR) is 56.1 cm³/mol. The van der Waals surface area contributed by atoms with E-state index < -0.39 is 0 Å². The molecular weight excluding hydrogens is 228 g/mol. The summed E-state index contributed by atoms with van der Waals surface area (Å²) >= 11 is 3.70. The molecule has 0 aromatic rings. The summed E-state index contributed by atoms with van der Waals surface area (Å²) < 4.78 is 6.11. The molecule has 2 heteroatoms. The van der Waals surface area contributed by atoms with Gasteiger partial charge in [0.05, 0.1) is 12.2 Å². The second kappa shape index (κ2) is 2.73. The Labute approximate surface area is 88.4 Å². The average Bonchev–Trinajstić information content (AvgIpc) is 2.86. The highest BCUT2D eigenvalue weighted by atomic mass is 79.9. The summed E-state index contributed by atoms with van der Waals surface area (Å²) in [7, 11) is 0. The topological polar surface area (TPSA) is 9.23 Å². The van der Waals surface area contributed by atoms with Crippen molar-refractivity contribution in [3.63, 3.8) is 0 Å². The van der Waals surface area contributed by atoms with Crippen LogP contribution in [0.1, 0.15) is 38.5 Å². The van der Waals surface area contributed by atoms with Gasteiger partial charge in [0.15, 0.2) is 0 Å². The number of halogens is 1. The van der Waals surface area contributed by atoms with E-state index in [0.29, 0.717) is 11.0 Å². The van der Waals surface area contributed by atoms with Gasteiger partial charge in [-0.1, -0.05) is 35.2 Å². The molecular formula is C11H17BrO. The molecule has 3 aliphatic rings. The van der Waals surface area contributed by atoms with Crippen molar-refractivity contribution in [1.29, 1.82) is 0 Å². The summed E-state index contributed by atoms with van der Waals surface area (Å²) in [6, 6.07) is 0. The summed E-state index contributed by atoms with van der Waals surface area (Å²) in [6.45, 7) is 1.05. The lowest BCUT2D eigenvalue weighted by Crippen LogP contribution is -2.42. The van der Waals surface area contributed by atoms with Gasteiger partial charge in [0.2, 0.25) is 0 Å². The van der Waals surface area contributed by atoms with Crippen molar-refractivity contribution < 1.29 is 4.74 Å². The molecule has 2 aliphatic carbocycles. The Bertz CT molecular complexity index is 218. The number of fused-ring (bicyclic) bond motifs is 2. The van der Waals surface area contributed by atoms with Crippen molar-refractivity contribution in [3.05, 3.63) is 0 Å². The Hall–Kier alpha value is 0.440. The first kappa shape index (κ1) is 8.72. The highest BCUT2D eigenvalue weighted by Crippen LogP contribution is 2.69. The molecule has 1 saturated heterocycles. The lowest BCUT2D eigenvalue weighted by atomic mass is 9.74. The van der Waals surface area contributed by atoms with Crippen LogP contribution in [-0.4, -0.2) is 17.5 Å². The van der Waals surface area contributed by atoms with E-state index in [1.54, 1.807) is 0 Å². The fourth-order valence-electron chi connectivity index (χ4n) is 3.61. The second-order valence-electron chi connectivity index (χ2n) is 5.06. The van der Waals surface area contributed by atoms with Crippen LogP contribution >= 0.6 is 15.9 Å². The van der Waals surface area contributed by atoms with Crippen LogP contribution in [0.15, 0.2) is 0 Å². The van der Waals surface area contributed by atoms with Gasteiger partial charge in [-0.25, -0.2) is 0 Å². The summed E-state index contributed by atoms with van der Waals surface area (Å²) in [6.07, 6.45) is 8.29. The molecule has 1 spiro atoms. The number of alkyl halides is 1. The highest BCUT2D eigenvalue weighted by Gasteiger charge is 2.70. The normalized spacial score (nSPS) is 46.4. The lowest BCUT2D eigenvalue weighted by molar-refractivity contribution is -0.0736. The standard InChI is InChI=1S/C11H17BrO/c12-8-10-6-9(10)7-13-11(10)4-2-1-3-5-11/h9H,1-8H2. The summed E-state index contributed by atoms with van der Waals surface area (Å²) in [5.41, 5.74) is 0.868. The number of hydrogen-bond acceptors (Lipinski definition) is 1. The van der Waals surface area contributed by atoms with Crippen molar-refractivity contribution >= 4 is 15.9 Å². The summed E-state index contributed by atoms with van der Waals surface area (Å²) in [4.78, 5) is 0. The lowest BCUT2D eigenvalue weighted by Gasteiger charge is -2.40. The third-order valence-electron chi connectivity index (χ3n) is 4.60. The Kier molecular flexibility index (Phi) is 1.83. The fourth-order valence-corrected chi connectivity index (χ4v) is 4.81. The van der Waals surface area contributed by atoms with E-state index in [1.807, 2.05) is 0 Å². The molecule has 2 saturated carbocycles. The summed E-state index contributed by atoms with van der Waals surface area (Å²) in [5, 5.41) is 1.17. The first-order valence-corrected chi connectivity index (χ1v) is 6.65. The molecule has 0 aromatic carbocycles. The van der Waals surface area contributed by atoms with E-state index in [1.165, 1.54) is 43.9 Å². The molecule has 2 unspecified atom stereocenters. The van der Waals surface area contributed by atoms with E-state index >= 15 is 0 Å². The molecule has 0 N–H and O–H groups in total. The molecule has 0 amide bonds. The Morgan fingerprint density at radius 3 is 2.62 bits per heavy atom. The molecule has 0 radical (unpaired) electrons. The van der Waals surface area contributed by atoms with Gasteiger partial charge in [-0.15, -0.1) is 0 Å². The van der Waals surface area contributed by atoms with Gasteiger partial charge in [0, 0.05) is 10.7 Å². The SMILES string of the molecule is BrCC12CC1COC21CCCCC1. The van der Waals surface area contributed by atoms with Gasteiger partial charge in [-0.2, -0.15) is 0 Å². The molecule has 3 fully saturated rings. The van der Waals surface area contributed by atoms with Crippen LogP contribution in [0.5, 0.6) is 0 Å². The highest BCUT2D eigenvalue weighted by molar-refractivity contribution is 9.09. The molecule has 13 heavy (non-hydrogen) atoms. The molecule has 74 valence electrons. The zero-order valence-electron chi connectivity index (χ0n) is 8.02. The zero-order valence-corrected chi connectivity index (χ0v) is 9.61. The van der Waals surface area contributed by atoms with Crippen molar-refractivity contribution in [1.82, 2.24) is 0 Å². The molecule has 0 aromatic heterocycles. The fraction of sp³-hybridized carbons (Fsp3) is 1.00. The maximum absolute atomic E-state index is 6.11. The largest absolute Gasteiger partial charge is 0.374 e. The van der Waals surface area contributed by atoms with Gasteiger partial charge in [-0.05, 0) is 25.2 Å². The van der Waals surface area contributed by atoms with Crippen LogP contribution < -0.4 is 0 Å². The van der Waals surface area contributed by atoms with Gasteiger partial charge >= 0.3 is 0 Å². The molecule has 1 nitrogen and oxygen atoms in total. The maximum Gasteiger partial charge on any atom is 0.0750 e. The van der Waals surface area contributed by atoms with Gasteiger partial charge in [0.1, 0.15) is 0 Å². The number of hydrogen-bond donors (Lipinski definition) is 0. The van der Waals surface area contributed by atoms with E-state index in [2.05, 4.69) is 15.9 Å².